The predicted molar refractivity (Wildman–Crippen MR) is 89.0 cm³/mol. The first-order chi connectivity index (χ1) is 12.0. The molecule has 0 unspecified atom stereocenters. The van der Waals surface area contributed by atoms with E-state index in [9.17, 15) is 4.79 Å². The topological polar surface area (TPSA) is 96.9 Å². The zero-order valence-electron chi connectivity index (χ0n) is 14.6. The highest BCUT2D eigenvalue weighted by molar-refractivity contribution is 5.96. The lowest BCUT2D eigenvalue weighted by Gasteiger charge is -2.32. The van der Waals surface area contributed by atoms with Crippen LogP contribution in [0.1, 0.15) is 40.3 Å². The van der Waals surface area contributed by atoms with Gasteiger partial charge in [0.05, 0.1) is 17.8 Å². The standard InChI is InChI=1S/C17H20N6O2/c1-11-15(12(2)22(3)21-11)17(24)23-8-4-5-13(10-23)25-16-14(9-18)19-6-7-20-16/h6-7,13H,4-5,8,10H2,1-3H3/t13-/m0/s1. The van der Waals surface area contributed by atoms with Gasteiger partial charge in [-0.25, -0.2) is 9.97 Å². The quantitative estimate of drug-likeness (QED) is 0.837. The van der Waals surface area contributed by atoms with Gasteiger partial charge < -0.3 is 9.64 Å². The van der Waals surface area contributed by atoms with Crippen LogP contribution in [0.25, 0.3) is 0 Å². The van der Waals surface area contributed by atoms with E-state index in [4.69, 9.17) is 10.00 Å². The maximum Gasteiger partial charge on any atom is 0.257 e. The fourth-order valence-corrected chi connectivity index (χ4v) is 3.11. The van der Waals surface area contributed by atoms with Crippen molar-refractivity contribution in [3.05, 3.63) is 35.0 Å². The van der Waals surface area contributed by atoms with E-state index in [1.165, 1.54) is 12.4 Å². The fraction of sp³-hybridized carbons (Fsp3) is 0.471. The molecule has 8 heteroatoms. The minimum Gasteiger partial charge on any atom is -0.470 e. The Hall–Kier alpha value is -2.95. The molecule has 1 fully saturated rings. The molecule has 2 aromatic heterocycles. The molecule has 1 aliphatic heterocycles. The first-order valence-corrected chi connectivity index (χ1v) is 8.18. The van der Waals surface area contributed by atoms with Crippen molar-refractivity contribution in [3.8, 4) is 11.9 Å². The van der Waals surface area contributed by atoms with E-state index in [0.29, 0.717) is 18.7 Å². The van der Waals surface area contributed by atoms with Crippen LogP contribution in [-0.2, 0) is 7.05 Å². The van der Waals surface area contributed by atoms with E-state index in [-0.39, 0.29) is 23.6 Å². The van der Waals surface area contributed by atoms with Gasteiger partial charge in [-0.2, -0.15) is 10.4 Å². The number of carbonyl (C=O) groups excluding carboxylic acids is 1. The summed E-state index contributed by atoms with van der Waals surface area (Å²) in [7, 11) is 1.83. The summed E-state index contributed by atoms with van der Waals surface area (Å²) >= 11 is 0. The van der Waals surface area contributed by atoms with Gasteiger partial charge in [-0.05, 0) is 26.7 Å². The number of carbonyl (C=O) groups is 1. The lowest BCUT2D eigenvalue weighted by molar-refractivity contribution is 0.0524. The number of hydrogen-bond acceptors (Lipinski definition) is 6. The molecule has 25 heavy (non-hydrogen) atoms. The van der Waals surface area contributed by atoms with Gasteiger partial charge in [-0.15, -0.1) is 0 Å². The fourth-order valence-electron chi connectivity index (χ4n) is 3.11. The number of nitrogens with zero attached hydrogens (tertiary/aromatic N) is 6. The second-order valence-corrected chi connectivity index (χ2v) is 6.12. The molecule has 0 aliphatic carbocycles. The largest absolute Gasteiger partial charge is 0.470 e. The number of amides is 1. The SMILES string of the molecule is Cc1nn(C)c(C)c1C(=O)N1CCC[C@H](Oc2nccnc2C#N)C1. The minimum absolute atomic E-state index is 0.0314. The third-order valence-electron chi connectivity index (χ3n) is 4.44. The summed E-state index contributed by atoms with van der Waals surface area (Å²) in [5.74, 6) is 0.189. The first kappa shape index (κ1) is 16.9. The molecular formula is C17H20N6O2. The van der Waals surface area contributed by atoms with E-state index < -0.39 is 0 Å². The van der Waals surface area contributed by atoms with Crippen LogP contribution in [0.3, 0.4) is 0 Å². The molecule has 1 aliphatic rings. The molecule has 0 saturated carbocycles. The third-order valence-corrected chi connectivity index (χ3v) is 4.44. The molecule has 2 aromatic rings. The summed E-state index contributed by atoms with van der Waals surface area (Å²) in [6.45, 7) is 4.87. The van der Waals surface area contributed by atoms with Crippen LogP contribution >= 0.6 is 0 Å². The van der Waals surface area contributed by atoms with Crippen LogP contribution in [-0.4, -0.2) is 49.7 Å². The summed E-state index contributed by atoms with van der Waals surface area (Å²) in [6.07, 6.45) is 4.37. The van der Waals surface area contributed by atoms with Gasteiger partial charge in [0.15, 0.2) is 0 Å². The highest BCUT2D eigenvalue weighted by atomic mass is 16.5. The third kappa shape index (κ3) is 3.31. The van der Waals surface area contributed by atoms with Crippen molar-refractivity contribution in [1.82, 2.24) is 24.6 Å². The number of hydrogen-bond donors (Lipinski definition) is 0. The maximum absolute atomic E-state index is 12.9. The van der Waals surface area contributed by atoms with E-state index in [1.54, 1.807) is 9.58 Å². The van der Waals surface area contributed by atoms with Gasteiger partial charge in [-0.3, -0.25) is 9.48 Å². The van der Waals surface area contributed by atoms with E-state index in [0.717, 1.165) is 24.2 Å². The number of aryl methyl sites for hydroxylation is 2. The summed E-state index contributed by atoms with van der Waals surface area (Å²) in [4.78, 5) is 22.7. The van der Waals surface area contributed by atoms with Crippen LogP contribution in [0, 0.1) is 25.2 Å². The molecule has 1 atom stereocenters. The monoisotopic (exact) mass is 340 g/mol. The van der Waals surface area contributed by atoms with E-state index >= 15 is 0 Å². The summed E-state index contributed by atoms with van der Waals surface area (Å²) in [6, 6.07) is 1.97. The molecule has 1 saturated heterocycles. The van der Waals surface area contributed by atoms with Gasteiger partial charge in [0.2, 0.25) is 5.69 Å². The second-order valence-electron chi connectivity index (χ2n) is 6.12. The highest BCUT2D eigenvalue weighted by Gasteiger charge is 2.29. The molecule has 0 spiro atoms. The van der Waals surface area contributed by atoms with Crippen LogP contribution in [0.15, 0.2) is 12.4 Å². The van der Waals surface area contributed by atoms with Crippen molar-refractivity contribution >= 4 is 5.91 Å². The number of rotatable bonds is 3. The number of ether oxygens (including phenoxy) is 1. The molecular weight excluding hydrogens is 320 g/mol. The summed E-state index contributed by atoms with van der Waals surface area (Å²) in [5.41, 5.74) is 2.39. The normalized spacial score (nSPS) is 17.2. The van der Waals surface area contributed by atoms with Crippen LogP contribution in [0.2, 0.25) is 0 Å². The molecule has 0 radical (unpaired) electrons. The summed E-state index contributed by atoms with van der Waals surface area (Å²) in [5, 5.41) is 13.4. The number of piperidine rings is 1. The molecule has 0 bridgehead atoms. The molecule has 0 aromatic carbocycles. The van der Waals surface area contributed by atoms with Crippen molar-refractivity contribution in [1.29, 1.82) is 5.26 Å². The molecule has 3 heterocycles. The molecule has 130 valence electrons. The van der Waals surface area contributed by atoms with Gasteiger partial charge in [0, 0.05) is 31.7 Å². The zero-order chi connectivity index (χ0) is 18.0. The summed E-state index contributed by atoms with van der Waals surface area (Å²) < 4.78 is 7.57. The van der Waals surface area contributed by atoms with Gasteiger partial charge >= 0.3 is 0 Å². The van der Waals surface area contributed by atoms with Gasteiger partial charge in [0.25, 0.3) is 11.8 Å². The molecule has 1 amide bonds. The van der Waals surface area contributed by atoms with E-state index in [1.807, 2.05) is 27.0 Å². The molecule has 8 nitrogen and oxygen atoms in total. The average Bonchev–Trinajstić information content (AvgIpc) is 2.87. The average molecular weight is 340 g/mol. The molecule has 3 rings (SSSR count). The Kier molecular flexibility index (Phi) is 4.65. The minimum atomic E-state index is -0.209. The Balaban J connectivity index is 1.75. The Labute approximate surface area is 146 Å². The van der Waals surface area contributed by atoms with Crippen molar-refractivity contribution in [3.63, 3.8) is 0 Å². The number of nitriles is 1. The Morgan fingerprint density at radius 3 is 2.80 bits per heavy atom. The van der Waals surface area contributed by atoms with Crippen molar-refractivity contribution in [2.24, 2.45) is 7.05 Å². The highest BCUT2D eigenvalue weighted by Crippen LogP contribution is 2.22. The second kappa shape index (κ2) is 6.89. The Morgan fingerprint density at radius 2 is 2.12 bits per heavy atom. The van der Waals surface area contributed by atoms with Crippen molar-refractivity contribution < 1.29 is 9.53 Å². The van der Waals surface area contributed by atoms with Crippen LogP contribution in [0.5, 0.6) is 5.88 Å². The predicted octanol–water partition coefficient (Wildman–Crippen LogP) is 1.38. The van der Waals surface area contributed by atoms with Crippen LogP contribution < -0.4 is 4.74 Å². The van der Waals surface area contributed by atoms with E-state index in [2.05, 4.69) is 15.1 Å². The number of aromatic nitrogens is 4. The first-order valence-electron chi connectivity index (χ1n) is 8.18. The number of likely N-dealkylation sites (tertiary alicyclic amines) is 1. The Bertz CT molecular complexity index is 838. The van der Waals surface area contributed by atoms with Crippen LogP contribution in [0.4, 0.5) is 0 Å². The lowest BCUT2D eigenvalue weighted by Crippen LogP contribution is -2.44. The van der Waals surface area contributed by atoms with Crippen molar-refractivity contribution in [2.45, 2.75) is 32.8 Å². The van der Waals surface area contributed by atoms with Gasteiger partial charge in [-0.1, -0.05) is 0 Å². The maximum atomic E-state index is 12.9. The van der Waals surface area contributed by atoms with Crippen molar-refractivity contribution in [2.75, 3.05) is 13.1 Å². The smallest absolute Gasteiger partial charge is 0.257 e. The zero-order valence-corrected chi connectivity index (χ0v) is 14.6. The Morgan fingerprint density at radius 1 is 1.36 bits per heavy atom. The molecule has 0 N–H and O–H groups in total. The lowest BCUT2D eigenvalue weighted by atomic mass is 10.1. The van der Waals surface area contributed by atoms with Gasteiger partial charge in [0.1, 0.15) is 12.2 Å².